The highest BCUT2D eigenvalue weighted by molar-refractivity contribution is 5.74. The minimum absolute atomic E-state index is 0.0251. The maximum absolute atomic E-state index is 11.9. The van der Waals surface area contributed by atoms with Gasteiger partial charge in [-0.15, -0.1) is 0 Å². The average molecular weight is 244 g/mol. The van der Waals surface area contributed by atoms with Gasteiger partial charge in [0.05, 0.1) is 6.61 Å². The molecule has 2 amide bonds. The fourth-order valence-electron chi connectivity index (χ4n) is 2.19. The molecule has 0 bridgehead atoms. The van der Waals surface area contributed by atoms with E-state index in [2.05, 4.69) is 5.32 Å². The lowest BCUT2D eigenvalue weighted by Crippen LogP contribution is -2.49. The standard InChI is InChI=1S/C12H24N2O3/c1-2-17-10-7-13-12(16)14-8-4-3-5-11(14)6-9-15/h11,15H,2-10H2,1H3,(H,13,16). The van der Waals surface area contributed by atoms with Crippen molar-refractivity contribution in [1.82, 2.24) is 10.2 Å². The van der Waals surface area contributed by atoms with Crippen LogP contribution in [0.4, 0.5) is 4.79 Å². The molecule has 1 unspecified atom stereocenters. The van der Waals surface area contributed by atoms with E-state index in [1.807, 2.05) is 11.8 Å². The summed E-state index contributed by atoms with van der Waals surface area (Å²) in [7, 11) is 0. The Bertz CT molecular complexity index is 222. The fourth-order valence-corrected chi connectivity index (χ4v) is 2.19. The van der Waals surface area contributed by atoms with E-state index < -0.39 is 0 Å². The van der Waals surface area contributed by atoms with E-state index in [1.54, 1.807) is 0 Å². The van der Waals surface area contributed by atoms with Crippen molar-refractivity contribution in [3.63, 3.8) is 0 Å². The van der Waals surface area contributed by atoms with Crippen LogP contribution in [0.2, 0.25) is 0 Å². The minimum atomic E-state index is -0.0251. The Morgan fingerprint density at radius 1 is 1.53 bits per heavy atom. The number of ether oxygens (including phenoxy) is 1. The quantitative estimate of drug-likeness (QED) is 0.684. The van der Waals surface area contributed by atoms with E-state index >= 15 is 0 Å². The number of hydrogen-bond donors (Lipinski definition) is 2. The molecule has 0 aliphatic carbocycles. The molecule has 0 saturated carbocycles. The second-order valence-electron chi connectivity index (χ2n) is 4.28. The molecule has 5 heteroatoms. The Labute approximate surface area is 103 Å². The van der Waals surface area contributed by atoms with Gasteiger partial charge < -0.3 is 20.1 Å². The van der Waals surface area contributed by atoms with Crippen molar-refractivity contribution >= 4 is 6.03 Å². The number of piperidine rings is 1. The maximum Gasteiger partial charge on any atom is 0.317 e. The zero-order valence-electron chi connectivity index (χ0n) is 10.7. The first-order valence-electron chi connectivity index (χ1n) is 6.52. The molecule has 0 aromatic carbocycles. The zero-order chi connectivity index (χ0) is 12.5. The number of amides is 2. The van der Waals surface area contributed by atoms with Crippen LogP contribution in [-0.4, -0.2) is 55.0 Å². The lowest BCUT2D eigenvalue weighted by Gasteiger charge is -2.35. The van der Waals surface area contributed by atoms with E-state index in [1.165, 1.54) is 0 Å². The van der Waals surface area contributed by atoms with Crippen molar-refractivity contribution in [2.24, 2.45) is 0 Å². The number of likely N-dealkylation sites (tertiary alicyclic amines) is 1. The molecule has 1 fully saturated rings. The third-order valence-corrected chi connectivity index (χ3v) is 3.08. The molecule has 100 valence electrons. The van der Waals surface area contributed by atoms with E-state index in [-0.39, 0.29) is 18.7 Å². The van der Waals surface area contributed by atoms with Gasteiger partial charge in [0.15, 0.2) is 0 Å². The molecule has 1 heterocycles. The lowest BCUT2D eigenvalue weighted by molar-refractivity contribution is 0.122. The summed E-state index contributed by atoms with van der Waals surface area (Å²) in [5.41, 5.74) is 0. The van der Waals surface area contributed by atoms with Crippen LogP contribution in [-0.2, 0) is 4.74 Å². The molecule has 1 aliphatic heterocycles. The number of hydrogen-bond acceptors (Lipinski definition) is 3. The summed E-state index contributed by atoms with van der Waals surface area (Å²) in [6, 6.07) is 0.170. The molecule has 0 spiro atoms. The van der Waals surface area contributed by atoms with Gasteiger partial charge in [-0.2, -0.15) is 0 Å². The smallest absolute Gasteiger partial charge is 0.317 e. The number of aliphatic hydroxyl groups excluding tert-OH is 1. The van der Waals surface area contributed by atoms with Crippen molar-refractivity contribution in [2.45, 2.75) is 38.6 Å². The van der Waals surface area contributed by atoms with Crippen molar-refractivity contribution in [2.75, 3.05) is 32.9 Å². The van der Waals surface area contributed by atoms with Gasteiger partial charge in [0.25, 0.3) is 0 Å². The number of rotatable bonds is 6. The molecular weight excluding hydrogens is 220 g/mol. The van der Waals surface area contributed by atoms with Crippen LogP contribution >= 0.6 is 0 Å². The van der Waals surface area contributed by atoms with E-state index in [0.717, 1.165) is 25.8 Å². The third kappa shape index (κ3) is 4.91. The summed E-state index contributed by atoms with van der Waals surface area (Å²) in [5, 5.41) is 11.8. The van der Waals surface area contributed by atoms with Crippen molar-refractivity contribution < 1.29 is 14.6 Å². The summed E-state index contributed by atoms with van der Waals surface area (Å²) in [4.78, 5) is 13.8. The first-order valence-corrected chi connectivity index (χ1v) is 6.52. The van der Waals surface area contributed by atoms with Gasteiger partial charge in [-0.3, -0.25) is 0 Å². The van der Waals surface area contributed by atoms with Gasteiger partial charge in [0, 0.05) is 32.3 Å². The van der Waals surface area contributed by atoms with Crippen LogP contribution in [0.3, 0.4) is 0 Å². The van der Waals surface area contributed by atoms with Gasteiger partial charge >= 0.3 is 6.03 Å². The van der Waals surface area contributed by atoms with Gasteiger partial charge in [0.1, 0.15) is 0 Å². The van der Waals surface area contributed by atoms with Gasteiger partial charge in [-0.1, -0.05) is 0 Å². The van der Waals surface area contributed by atoms with E-state index in [9.17, 15) is 4.79 Å². The molecule has 17 heavy (non-hydrogen) atoms. The number of carbonyl (C=O) groups is 1. The summed E-state index contributed by atoms with van der Waals surface area (Å²) >= 11 is 0. The maximum atomic E-state index is 11.9. The topological polar surface area (TPSA) is 61.8 Å². The Hall–Kier alpha value is -0.810. The molecule has 0 aromatic heterocycles. The molecule has 1 aliphatic rings. The minimum Gasteiger partial charge on any atom is -0.396 e. The predicted molar refractivity (Wildman–Crippen MR) is 65.9 cm³/mol. The molecule has 0 radical (unpaired) electrons. The first-order chi connectivity index (χ1) is 8.29. The SMILES string of the molecule is CCOCCNC(=O)N1CCCCC1CCO. The van der Waals surface area contributed by atoms with Gasteiger partial charge in [-0.25, -0.2) is 4.79 Å². The number of nitrogens with one attached hydrogen (secondary N) is 1. The van der Waals surface area contributed by atoms with E-state index in [4.69, 9.17) is 9.84 Å². The number of carbonyl (C=O) groups excluding carboxylic acids is 1. The Morgan fingerprint density at radius 3 is 3.06 bits per heavy atom. The van der Waals surface area contributed by atoms with Crippen LogP contribution in [0, 0.1) is 0 Å². The molecule has 0 aromatic rings. The van der Waals surface area contributed by atoms with Crippen molar-refractivity contribution in [1.29, 1.82) is 0 Å². The van der Waals surface area contributed by atoms with Crippen molar-refractivity contribution in [3.05, 3.63) is 0 Å². The molecule has 1 atom stereocenters. The fraction of sp³-hybridized carbons (Fsp3) is 0.917. The van der Waals surface area contributed by atoms with E-state index in [0.29, 0.717) is 26.2 Å². The second-order valence-corrected chi connectivity index (χ2v) is 4.28. The first kappa shape index (κ1) is 14.3. The molecule has 2 N–H and O–H groups in total. The highest BCUT2D eigenvalue weighted by Crippen LogP contribution is 2.19. The molecule has 5 nitrogen and oxygen atoms in total. The van der Waals surface area contributed by atoms with Gasteiger partial charge in [0.2, 0.25) is 0 Å². The van der Waals surface area contributed by atoms with Crippen LogP contribution in [0.15, 0.2) is 0 Å². The summed E-state index contributed by atoms with van der Waals surface area (Å²) in [6.07, 6.45) is 3.88. The summed E-state index contributed by atoms with van der Waals surface area (Å²) in [6.45, 7) is 4.66. The normalized spacial score (nSPS) is 20.4. The molecule has 1 saturated heterocycles. The van der Waals surface area contributed by atoms with Crippen LogP contribution in [0.5, 0.6) is 0 Å². The monoisotopic (exact) mass is 244 g/mol. The van der Waals surface area contributed by atoms with Crippen LogP contribution in [0.1, 0.15) is 32.6 Å². The van der Waals surface area contributed by atoms with Crippen LogP contribution in [0.25, 0.3) is 0 Å². The van der Waals surface area contributed by atoms with Gasteiger partial charge in [-0.05, 0) is 32.6 Å². The summed E-state index contributed by atoms with van der Waals surface area (Å²) in [5.74, 6) is 0. The Kier molecular flexibility index (Phi) is 6.96. The average Bonchev–Trinajstić information content (AvgIpc) is 2.35. The largest absolute Gasteiger partial charge is 0.396 e. The van der Waals surface area contributed by atoms with Crippen LogP contribution < -0.4 is 5.32 Å². The second kappa shape index (κ2) is 8.31. The van der Waals surface area contributed by atoms with Crippen molar-refractivity contribution in [3.8, 4) is 0 Å². The lowest BCUT2D eigenvalue weighted by atomic mass is 10.0. The number of aliphatic hydroxyl groups is 1. The molecular formula is C12H24N2O3. The molecule has 1 rings (SSSR count). The third-order valence-electron chi connectivity index (χ3n) is 3.08. The summed E-state index contributed by atoms with van der Waals surface area (Å²) < 4.78 is 5.17. The Balaban J connectivity index is 2.31. The number of urea groups is 1. The number of nitrogens with zero attached hydrogens (tertiary/aromatic N) is 1. The highest BCUT2D eigenvalue weighted by atomic mass is 16.5. The predicted octanol–water partition coefficient (Wildman–Crippen LogP) is 0.969. The highest BCUT2D eigenvalue weighted by Gasteiger charge is 2.25. The zero-order valence-corrected chi connectivity index (χ0v) is 10.7. The Morgan fingerprint density at radius 2 is 2.35 bits per heavy atom.